The van der Waals surface area contributed by atoms with E-state index in [1.807, 2.05) is 6.07 Å². The highest BCUT2D eigenvalue weighted by atomic mass is 79.9. The quantitative estimate of drug-likeness (QED) is 0.684. The van der Waals surface area contributed by atoms with Crippen molar-refractivity contribution in [1.82, 2.24) is 4.90 Å². The van der Waals surface area contributed by atoms with Gasteiger partial charge in [-0.25, -0.2) is 0 Å². The van der Waals surface area contributed by atoms with Gasteiger partial charge >= 0.3 is 0 Å². The summed E-state index contributed by atoms with van der Waals surface area (Å²) >= 11 is 3.54. The fourth-order valence-corrected chi connectivity index (χ4v) is 4.94. The second-order valence-corrected chi connectivity index (χ2v) is 8.12. The van der Waals surface area contributed by atoms with Crippen LogP contribution in [-0.2, 0) is 6.42 Å². The van der Waals surface area contributed by atoms with Crippen LogP contribution in [0.4, 0.5) is 5.69 Å². The number of hydrogen-bond acceptors (Lipinski definition) is 5. The van der Waals surface area contributed by atoms with Crippen LogP contribution < -0.4 is 19.1 Å². The molecule has 28 heavy (non-hydrogen) atoms. The van der Waals surface area contributed by atoms with E-state index in [2.05, 4.69) is 50.0 Å². The fraction of sp³-hybridized carbons (Fsp3) is 0.455. The predicted molar refractivity (Wildman–Crippen MR) is 115 cm³/mol. The van der Waals surface area contributed by atoms with Gasteiger partial charge in [0.15, 0.2) is 11.5 Å². The van der Waals surface area contributed by atoms with E-state index in [4.69, 9.17) is 14.2 Å². The van der Waals surface area contributed by atoms with E-state index in [1.165, 1.54) is 16.8 Å². The van der Waals surface area contributed by atoms with Crippen molar-refractivity contribution in [2.45, 2.75) is 18.9 Å². The lowest BCUT2D eigenvalue weighted by Crippen LogP contribution is -2.47. The summed E-state index contributed by atoms with van der Waals surface area (Å²) in [6, 6.07) is 11.1. The molecule has 150 valence electrons. The zero-order valence-electron chi connectivity index (χ0n) is 16.7. The molecule has 1 aliphatic carbocycles. The molecule has 0 saturated carbocycles. The number of fused-ring (bicyclic) bond motifs is 1. The Labute approximate surface area is 175 Å². The molecule has 5 nitrogen and oxygen atoms in total. The van der Waals surface area contributed by atoms with Crippen LogP contribution in [0.1, 0.15) is 23.6 Å². The molecule has 1 aliphatic heterocycles. The second kappa shape index (κ2) is 8.21. The maximum absolute atomic E-state index is 5.65. The number of nitrogens with zero attached hydrogens (tertiary/aromatic N) is 2. The third-order valence-electron chi connectivity index (χ3n) is 5.97. The monoisotopic (exact) mass is 446 g/mol. The first kappa shape index (κ1) is 19.4. The van der Waals surface area contributed by atoms with Gasteiger partial charge in [0.25, 0.3) is 0 Å². The number of benzene rings is 2. The summed E-state index contributed by atoms with van der Waals surface area (Å²) in [6.07, 6.45) is 2.19. The average molecular weight is 447 g/mol. The Kier molecular flexibility index (Phi) is 5.69. The van der Waals surface area contributed by atoms with Crippen molar-refractivity contribution in [2.75, 3.05) is 52.4 Å². The molecule has 0 amide bonds. The number of anilines is 1. The summed E-state index contributed by atoms with van der Waals surface area (Å²) in [5, 5.41) is 0. The Balaban J connectivity index is 1.47. The largest absolute Gasteiger partial charge is 0.495 e. The second-order valence-electron chi connectivity index (χ2n) is 7.27. The van der Waals surface area contributed by atoms with Crippen molar-refractivity contribution in [3.63, 3.8) is 0 Å². The summed E-state index contributed by atoms with van der Waals surface area (Å²) in [7, 11) is 5.15. The first-order chi connectivity index (χ1) is 13.7. The van der Waals surface area contributed by atoms with Gasteiger partial charge in [0.05, 0.1) is 25.8 Å². The third kappa shape index (κ3) is 3.44. The number of ether oxygens (including phenoxy) is 3. The van der Waals surface area contributed by atoms with Crippen LogP contribution in [0.15, 0.2) is 34.8 Å². The molecule has 1 atom stereocenters. The maximum Gasteiger partial charge on any atom is 0.164 e. The maximum atomic E-state index is 5.65. The number of piperazine rings is 1. The molecule has 0 bridgehead atoms. The Hall–Kier alpha value is -1.92. The molecule has 0 spiro atoms. The first-order valence-corrected chi connectivity index (χ1v) is 10.5. The smallest absolute Gasteiger partial charge is 0.164 e. The van der Waals surface area contributed by atoms with E-state index in [9.17, 15) is 0 Å². The number of rotatable bonds is 5. The Morgan fingerprint density at radius 1 is 0.893 bits per heavy atom. The van der Waals surface area contributed by atoms with Gasteiger partial charge in [-0.05, 0) is 52.5 Å². The highest BCUT2D eigenvalue weighted by Crippen LogP contribution is 2.44. The SMILES string of the molecule is COc1cc(N2CCN(C3CCc4c3ccc(OC)c4OC)CC2)ccc1Br. The summed E-state index contributed by atoms with van der Waals surface area (Å²) in [5.41, 5.74) is 3.93. The molecule has 0 radical (unpaired) electrons. The highest BCUT2D eigenvalue weighted by Gasteiger charge is 2.33. The minimum Gasteiger partial charge on any atom is -0.495 e. The van der Waals surface area contributed by atoms with Gasteiger partial charge in [-0.2, -0.15) is 0 Å². The van der Waals surface area contributed by atoms with Crippen LogP contribution in [0.2, 0.25) is 0 Å². The summed E-state index contributed by atoms with van der Waals surface area (Å²) in [6.45, 7) is 4.14. The minimum atomic E-state index is 0.469. The lowest BCUT2D eigenvalue weighted by Gasteiger charge is -2.39. The van der Waals surface area contributed by atoms with Crippen molar-refractivity contribution < 1.29 is 14.2 Å². The van der Waals surface area contributed by atoms with Crippen LogP contribution in [0.3, 0.4) is 0 Å². The first-order valence-electron chi connectivity index (χ1n) is 9.72. The van der Waals surface area contributed by atoms with Gasteiger partial charge in [0.1, 0.15) is 5.75 Å². The summed E-state index contributed by atoms with van der Waals surface area (Å²) in [5.74, 6) is 2.62. The lowest BCUT2D eigenvalue weighted by molar-refractivity contribution is 0.185. The van der Waals surface area contributed by atoms with Gasteiger partial charge < -0.3 is 19.1 Å². The van der Waals surface area contributed by atoms with Crippen LogP contribution in [0, 0.1) is 0 Å². The number of halogens is 1. The average Bonchev–Trinajstić information content (AvgIpc) is 3.17. The van der Waals surface area contributed by atoms with Crippen molar-refractivity contribution >= 4 is 21.6 Å². The van der Waals surface area contributed by atoms with Gasteiger partial charge in [-0.15, -0.1) is 0 Å². The summed E-state index contributed by atoms with van der Waals surface area (Å²) in [4.78, 5) is 5.06. The molecular weight excluding hydrogens is 420 g/mol. The van der Waals surface area contributed by atoms with E-state index in [1.54, 1.807) is 21.3 Å². The predicted octanol–water partition coefficient (Wildman–Crippen LogP) is 4.28. The topological polar surface area (TPSA) is 34.2 Å². The van der Waals surface area contributed by atoms with E-state index in [0.717, 1.165) is 60.7 Å². The third-order valence-corrected chi connectivity index (χ3v) is 6.62. The zero-order valence-corrected chi connectivity index (χ0v) is 18.3. The van der Waals surface area contributed by atoms with E-state index in [0.29, 0.717) is 6.04 Å². The Morgan fingerprint density at radius 3 is 2.32 bits per heavy atom. The molecular formula is C22H27BrN2O3. The molecule has 6 heteroatoms. The standard InChI is InChI=1S/C22H27BrN2O3/c1-26-20-9-6-16-17(22(20)28-3)5-8-19(16)25-12-10-24(11-13-25)15-4-7-18(23)21(14-15)27-2/h4,6-7,9,14,19H,5,8,10-13H2,1-3H3. The molecule has 4 rings (SSSR count). The van der Waals surface area contributed by atoms with Gasteiger partial charge in [-0.3, -0.25) is 4.90 Å². The molecule has 2 aromatic rings. The summed E-state index contributed by atoms with van der Waals surface area (Å²) < 4.78 is 17.6. The molecule has 0 aromatic heterocycles. The van der Waals surface area contributed by atoms with Gasteiger partial charge in [0, 0.05) is 49.5 Å². The van der Waals surface area contributed by atoms with Crippen LogP contribution in [0.25, 0.3) is 0 Å². The van der Waals surface area contributed by atoms with Crippen molar-refractivity contribution in [3.05, 3.63) is 45.9 Å². The van der Waals surface area contributed by atoms with Gasteiger partial charge in [-0.1, -0.05) is 6.07 Å². The number of hydrogen-bond donors (Lipinski definition) is 0. The van der Waals surface area contributed by atoms with E-state index < -0.39 is 0 Å². The van der Waals surface area contributed by atoms with Crippen molar-refractivity contribution in [3.8, 4) is 17.2 Å². The number of methoxy groups -OCH3 is 3. The van der Waals surface area contributed by atoms with Crippen LogP contribution >= 0.6 is 15.9 Å². The van der Waals surface area contributed by atoms with E-state index in [-0.39, 0.29) is 0 Å². The zero-order chi connectivity index (χ0) is 19.7. The molecule has 1 saturated heterocycles. The van der Waals surface area contributed by atoms with Crippen LogP contribution in [-0.4, -0.2) is 52.4 Å². The highest BCUT2D eigenvalue weighted by molar-refractivity contribution is 9.10. The van der Waals surface area contributed by atoms with E-state index >= 15 is 0 Å². The Bertz CT molecular complexity index is 850. The fourth-order valence-electron chi connectivity index (χ4n) is 4.53. The van der Waals surface area contributed by atoms with Crippen molar-refractivity contribution in [2.24, 2.45) is 0 Å². The van der Waals surface area contributed by atoms with Crippen molar-refractivity contribution in [1.29, 1.82) is 0 Å². The molecule has 1 unspecified atom stereocenters. The normalized spacial score (nSPS) is 19.4. The molecule has 1 fully saturated rings. The molecule has 2 aliphatic rings. The molecule has 2 aromatic carbocycles. The van der Waals surface area contributed by atoms with Gasteiger partial charge in [0.2, 0.25) is 0 Å². The minimum absolute atomic E-state index is 0.469. The molecule has 1 heterocycles. The molecule has 0 N–H and O–H groups in total. The lowest BCUT2D eigenvalue weighted by atomic mass is 10.0. The Morgan fingerprint density at radius 2 is 1.64 bits per heavy atom. The van der Waals surface area contributed by atoms with Crippen LogP contribution in [0.5, 0.6) is 17.2 Å².